The predicted molar refractivity (Wildman–Crippen MR) is 74.0 cm³/mol. The standard InChI is InChI=1S/C16H18F3NO2/c17-13-3-1-11(2-4-13)14-10-20(7-8-22-14)15(21)12-5-6-16(18,19)9-12/h1-4,12,14H,5-10H2. The zero-order valence-electron chi connectivity index (χ0n) is 12.1. The molecule has 1 aliphatic carbocycles. The summed E-state index contributed by atoms with van der Waals surface area (Å²) in [7, 11) is 0. The zero-order chi connectivity index (χ0) is 15.7. The number of alkyl halides is 2. The highest BCUT2D eigenvalue weighted by Gasteiger charge is 2.44. The van der Waals surface area contributed by atoms with Crippen LogP contribution in [-0.2, 0) is 9.53 Å². The monoisotopic (exact) mass is 313 g/mol. The number of rotatable bonds is 2. The van der Waals surface area contributed by atoms with E-state index in [-0.39, 0.29) is 37.1 Å². The Balaban J connectivity index is 1.65. The summed E-state index contributed by atoms with van der Waals surface area (Å²) in [5.41, 5.74) is 0.788. The SMILES string of the molecule is O=C(C1CCC(F)(F)C1)N1CCOC(c2ccc(F)cc2)C1. The van der Waals surface area contributed by atoms with Gasteiger partial charge in [0.2, 0.25) is 11.8 Å². The second kappa shape index (κ2) is 5.91. The lowest BCUT2D eigenvalue weighted by molar-refractivity contribution is -0.144. The molecular weight excluding hydrogens is 295 g/mol. The number of benzene rings is 1. The van der Waals surface area contributed by atoms with Crippen LogP contribution in [0, 0.1) is 11.7 Å². The Kier molecular flexibility index (Phi) is 4.12. The first-order valence-electron chi connectivity index (χ1n) is 7.48. The van der Waals surface area contributed by atoms with E-state index in [2.05, 4.69) is 0 Å². The molecule has 1 aromatic carbocycles. The van der Waals surface area contributed by atoms with Gasteiger partial charge in [0.25, 0.3) is 0 Å². The Morgan fingerprint density at radius 2 is 2.00 bits per heavy atom. The number of hydrogen-bond acceptors (Lipinski definition) is 2. The Labute approximate surface area is 127 Å². The summed E-state index contributed by atoms with van der Waals surface area (Å²) < 4.78 is 45.1. The van der Waals surface area contributed by atoms with Crippen molar-refractivity contribution in [1.29, 1.82) is 0 Å². The smallest absolute Gasteiger partial charge is 0.248 e. The summed E-state index contributed by atoms with van der Waals surface area (Å²) in [6, 6.07) is 5.93. The molecule has 3 rings (SSSR count). The minimum atomic E-state index is -2.72. The molecule has 0 bridgehead atoms. The minimum Gasteiger partial charge on any atom is -0.370 e. The lowest BCUT2D eigenvalue weighted by atomic mass is 10.0. The Morgan fingerprint density at radius 3 is 2.64 bits per heavy atom. The van der Waals surface area contributed by atoms with E-state index in [0.29, 0.717) is 19.7 Å². The second-order valence-corrected chi connectivity index (χ2v) is 5.99. The van der Waals surface area contributed by atoms with E-state index in [0.717, 1.165) is 5.56 Å². The molecule has 6 heteroatoms. The topological polar surface area (TPSA) is 29.5 Å². The molecule has 1 heterocycles. The van der Waals surface area contributed by atoms with Crippen molar-refractivity contribution in [3.05, 3.63) is 35.6 Å². The predicted octanol–water partition coefficient (Wildman–Crippen LogP) is 3.16. The summed E-state index contributed by atoms with van der Waals surface area (Å²) >= 11 is 0. The van der Waals surface area contributed by atoms with Crippen molar-refractivity contribution in [2.45, 2.75) is 31.3 Å². The van der Waals surface area contributed by atoms with Crippen LogP contribution in [0.3, 0.4) is 0 Å². The van der Waals surface area contributed by atoms with Gasteiger partial charge in [-0.25, -0.2) is 13.2 Å². The third kappa shape index (κ3) is 3.27. The molecule has 1 aliphatic heterocycles. The highest BCUT2D eigenvalue weighted by atomic mass is 19.3. The molecular formula is C16H18F3NO2. The Bertz CT molecular complexity index is 547. The molecule has 120 valence electrons. The first kappa shape index (κ1) is 15.3. The van der Waals surface area contributed by atoms with Crippen molar-refractivity contribution in [2.75, 3.05) is 19.7 Å². The van der Waals surface area contributed by atoms with Gasteiger partial charge in [-0.1, -0.05) is 12.1 Å². The molecule has 2 aliphatic rings. The molecule has 3 nitrogen and oxygen atoms in total. The van der Waals surface area contributed by atoms with Gasteiger partial charge in [-0.2, -0.15) is 0 Å². The number of ether oxygens (including phenoxy) is 1. The van der Waals surface area contributed by atoms with Crippen molar-refractivity contribution < 1.29 is 22.7 Å². The van der Waals surface area contributed by atoms with E-state index in [9.17, 15) is 18.0 Å². The van der Waals surface area contributed by atoms with Crippen LogP contribution in [0.25, 0.3) is 0 Å². The van der Waals surface area contributed by atoms with Crippen LogP contribution in [0.5, 0.6) is 0 Å². The van der Waals surface area contributed by atoms with E-state index in [1.165, 1.54) is 12.1 Å². The summed E-state index contributed by atoms with van der Waals surface area (Å²) in [5.74, 6) is -3.86. The molecule has 2 atom stereocenters. The maximum absolute atomic E-state index is 13.3. The maximum Gasteiger partial charge on any atom is 0.248 e. The van der Waals surface area contributed by atoms with Crippen molar-refractivity contribution in [1.82, 2.24) is 4.90 Å². The molecule has 22 heavy (non-hydrogen) atoms. The first-order valence-corrected chi connectivity index (χ1v) is 7.48. The number of carbonyl (C=O) groups is 1. The summed E-state index contributed by atoms with van der Waals surface area (Å²) in [6.07, 6.45) is -0.663. The fraction of sp³-hybridized carbons (Fsp3) is 0.562. The van der Waals surface area contributed by atoms with Gasteiger partial charge in [-0.15, -0.1) is 0 Å². The van der Waals surface area contributed by atoms with Crippen LogP contribution in [0.2, 0.25) is 0 Å². The van der Waals surface area contributed by atoms with Gasteiger partial charge in [-0.05, 0) is 24.1 Å². The third-order valence-corrected chi connectivity index (χ3v) is 4.37. The first-order chi connectivity index (χ1) is 10.4. The molecule has 0 spiro atoms. The normalized spacial score (nSPS) is 27.9. The van der Waals surface area contributed by atoms with Crippen molar-refractivity contribution in [2.24, 2.45) is 5.92 Å². The van der Waals surface area contributed by atoms with E-state index >= 15 is 0 Å². The molecule has 1 amide bonds. The van der Waals surface area contributed by atoms with Crippen LogP contribution in [-0.4, -0.2) is 36.4 Å². The van der Waals surface area contributed by atoms with Crippen molar-refractivity contribution >= 4 is 5.91 Å². The third-order valence-electron chi connectivity index (χ3n) is 4.37. The molecule has 0 N–H and O–H groups in total. The number of carbonyl (C=O) groups excluding carboxylic acids is 1. The van der Waals surface area contributed by atoms with E-state index in [1.807, 2.05) is 0 Å². The largest absolute Gasteiger partial charge is 0.370 e. The average molecular weight is 313 g/mol. The van der Waals surface area contributed by atoms with Crippen molar-refractivity contribution in [3.8, 4) is 0 Å². The average Bonchev–Trinajstić information content (AvgIpc) is 2.87. The molecule has 0 aromatic heterocycles. The lowest BCUT2D eigenvalue weighted by Crippen LogP contribution is -2.44. The number of amides is 1. The van der Waals surface area contributed by atoms with E-state index in [4.69, 9.17) is 4.74 Å². The second-order valence-electron chi connectivity index (χ2n) is 5.99. The lowest BCUT2D eigenvalue weighted by Gasteiger charge is -2.34. The number of hydrogen-bond donors (Lipinski definition) is 0. The van der Waals surface area contributed by atoms with Crippen LogP contribution in [0.1, 0.15) is 30.9 Å². The minimum absolute atomic E-state index is 0.213. The summed E-state index contributed by atoms with van der Waals surface area (Å²) in [5, 5.41) is 0. The molecule has 1 saturated carbocycles. The van der Waals surface area contributed by atoms with Crippen LogP contribution >= 0.6 is 0 Å². The van der Waals surface area contributed by atoms with E-state index < -0.39 is 11.8 Å². The zero-order valence-corrected chi connectivity index (χ0v) is 12.1. The summed E-state index contributed by atoms with van der Waals surface area (Å²) in [6.45, 7) is 1.10. The molecule has 1 saturated heterocycles. The van der Waals surface area contributed by atoms with Gasteiger partial charge in [0.05, 0.1) is 13.2 Å². The fourth-order valence-corrected chi connectivity index (χ4v) is 3.15. The maximum atomic E-state index is 13.3. The molecule has 2 unspecified atom stereocenters. The highest BCUT2D eigenvalue weighted by Crippen LogP contribution is 2.40. The van der Waals surface area contributed by atoms with Gasteiger partial charge in [0, 0.05) is 25.3 Å². The van der Waals surface area contributed by atoms with Gasteiger partial charge >= 0.3 is 0 Å². The van der Waals surface area contributed by atoms with Gasteiger partial charge in [0.15, 0.2) is 0 Å². The highest BCUT2D eigenvalue weighted by molar-refractivity contribution is 5.79. The molecule has 2 fully saturated rings. The van der Waals surface area contributed by atoms with Gasteiger partial charge in [0.1, 0.15) is 11.9 Å². The number of morpholine rings is 1. The quantitative estimate of drug-likeness (QED) is 0.839. The molecule has 0 radical (unpaired) electrons. The van der Waals surface area contributed by atoms with E-state index in [1.54, 1.807) is 17.0 Å². The Hall–Kier alpha value is -1.56. The van der Waals surface area contributed by atoms with Crippen LogP contribution < -0.4 is 0 Å². The van der Waals surface area contributed by atoms with Crippen LogP contribution in [0.15, 0.2) is 24.3 Å². The molecule has 1 aromatic rings. The number of nitrogens with zero attached hydrogens (tertiary/aromatic N) is 1. The van der Waals surface area contributed by atoms with Crippen molar-refractivity contribution in [3.63, 3.8) is 0 Å². The van der Waals surface area contributed by atoms with Gasteiger partial charge < -0.3 is 9.64 Å². The fourth-order valence-electron chi connectivity index (χ4n) is 3.15. The van der Waals surface area contributed by atoms with Crippen LogP contribution in [0.4, 0.5) is 13.2 Å². The summed E-state index contributed by atoms with van der Waals surface area (Å²) in [4.78, 5) is 14.0. The number of halogens is 3. The Morgan fingerprint density at radius 1 is 1.27 bits per heavy atom. The van der Waals surface area contributed by atoms with Gasteiger partial charge in [-0.3, -0.25) is 4.79 Å².